The largest absolute Gasteiger partial charge is 0.323 e. The molecule has 0 aliphatic heterocycles. The summed E-state index contributed by atoms with van der Waals surface area (Å²) >= 11 is 12.0. The summed E-state index contributed by atoms with van der Waals surface area (Å²) < 4.78 is 1.13. The Bertz CT molecular complexity index is 915. The Morgan fingerprint density at radius 3 is 2.64 bits per heavy atom. The molecule has 1 heterocycles. The van der Waals surface area contributed by atoms with E-state index in [0.29, 0.717) is 27.9 Å². The number of aromatic nitrogens is 2. The van der Waals surface area contributed by atoms with Gasteiger partial charge in [-0.15, -0.1) is 0 Å². The summed E-state index contributed by atoms with van der Waals surface area (Å²) in [5.41, 5.74) is 1.60. The van der Waals surface area contributed by atoms with Crippen molar-refractivity contribution in [1.29, 1.82) is 0 Å². The van der Waals surface area contributed by atoms with Crippen molar-refractivity contribution in [3.8, 4) is 11.3 Å². The van der Waals surface area contributed by atoms with Crippen molar-refractivity contribution in [1.82, 2.24) is 15.1 Å². The lowest BCUT2D eigenvalue weighted by Gasteiger charge is -2.13. The van der Waals surface area contributed by atoms with Crippen molar-refractivity contribution < 1.29 is 4.79 Å². The number of benzene rings is 1. The summed E-state index contributed by atoms with van der Waals surface area (Å²) in [6, 6.07) is 10.1. The lowest BCUT2D eigenvalue weighted by Crippen LogP contribution is -2.33. The molecule has 0 saturated carbocycles. The molecule has 0 bridgehead atoms. The average molecular weight is 376 g/mol. The number of nitrogens with one attached hydrogen (secondary N) is 1. The Balaban J connectivity index is 1.79. The first-order valence-corrected chi connectivity index (χ1v) is 8.47. The summed E-state index contributed by atoms with van der Waals surface area (Å²) in [6.45, 7) is -0.193. The smallest absolute Gasteiger partial charge is 0.267 e. The molecule has 1 N–H and O–H groups in total. The maximum atomic E-state index is 12.2. The fourth-order valence-electron chi connectivity index (χ4n) is 2.41. The zero-order valence-corrected chi connectivity index (χ0v) is 14.7. The van der Waals surface area contributed by atoms with Gasteiger partial charge in [0.2, 0.25) is 5.91 Å². The van der Waals surface area contributed by atoms with Crippen LogP contribution in [-0.4, -0.2) is 15.7 Å². The average Bonchev–Trinajstić information content (AvgIpc) is 2.60. The minimum Gasteiger partial charge on any atom is -0.323 e. The molecule has 0 saturated heterocycles. The second-order valence-corrected chi connectivity index (χ2v) is 6.42. The van der Waals surface area contributed by atoms with E-state index in [1.165, 1.54) is 6.07 Å². The van der Waals surface area contributed by atoms with E-state index in [4.69, 9.17) is 23.2 Å². The van der Waals surface area contributed by atoms with E-state index in [0.717, 1.165) is 16.7 Å². The van der Waals surface area contributed by atoms with Crippen LogP contribution in [0.5, 0.6) is 0 Å². The molecular formula is C18H15Cl2N3O2. The third-order valence-corrected chi connectivity index (χ3v) is 4.33. The number of carbonyl (C=O) groups excluding carboxylic acids is 1. The molecule has 2 aromatic rings. The van der Waals surface area contributed by atoms with Crippen LogP contribution >= 0.6 is 23.2 Å². The third-order valence-electron chi connectivity index (χ3n) is 3.68. The summed E-state index contributed by atoms with van der Waals surface area (Å²) in [5, 5.41) is 8.19. The predicted molar refractivity (Wildman–Crippen MR) is 98.3 cm³/mol. The Morgan fingerprint density at radius 1 is 1.16 bits per heavy atom. The third kappa shape index (κ3) is 4.38. The van der Waals surface area contributed by atoms with E-state index in [2.05, 4.69) is 10.4 Å². The molecule has 25 heavy (non-hydrogen) atoms. The standard InChI is InChI=1S/C18H15Cl2N3O2/c19-13-7-5-12(6-8-13)15-9-10-18(25)23(22-15)11-17(24)21-16-4-2-1-3-14(16)20/h2,4-10H,1,3,11H2,(H,21,24). The van der Waals surface area contributed by atoms with Crippen LogP contribution in [0.1, 0.15) is 12.8 Å². The van der Waals surface area contributed by atoms with Crippen molar-refractivity contribution in [2.45, 2.75) is 19.4 Å². The van der Waals surface area contributed by atoms with E-state index >= 15 is 0 Å². The van der Waals surface area contributed by atoms with Gasteiger partial charge in [0.1, 0.15) is 6.54 Å². The van der Waals surface area contributed by atoms with Crippen molar-refractivity contribution in [2.24, 2.45) is 0 Å². The lowest BCUT2D eigenvalue weighted by atomic mass is 10.1. The van der Waals surface area contributed by atoms with E-state index < -0.39 is 0 Å². The Morgan fingerprint density at radius 2 is 1.92 bits per heavy atom. The van der Waals surface area contributed by atoms with Crippen LogP contribution < -0.4 is 10.9 Å². The number of hydrogen-bond acceptors (Lipinski definition) is 3. The highest BCUT2D eigenvalue weighted by Crippen LogP contribution is 2.20. The van der Waals surface area contributed by atoms with Crippen LogP contribution in [0.25, 0.3) is 11.3 Å². The number of halogens is 2. The monoisotopic (exact) mass is 375 g/mol. The highest BCUT2D eigenvalue weighted by molar-refractivity contribution is 6.30. The van der Waals surface area contributed by atoms with E-state index in [1.54, 1.807) is 36.4 Å². The van der Waals surface area contributed by atoms with Crippen LogP contribution in [0.2, 0.25) is 5.02 Å². The maximum absolute atomic E-state index is 12.2. The van der Waals surface area contributed by atoms with E-state index in [9.17, 15) is 9.59 Å². The fourth-order valence-corrected chi connectivity index (χ4v) is 2.75. The number of nitrogens with zero attached hydrogens (tertiary/aromatic N) is 2. The molecule has 1 aliphatic rings. The molecule has 0 unspecified atom stereocenters. The van der Waals surface area contributed by atoms with Gasteiger partial charge in [0.05, 0.1) is 11.4 Å². The molecule has 5 nitrogen and oxygen atoms in total. The van der Waals surface area contributed by atoms with Gasteiger partial charge in [-0.25, -0.2) is 4.68 Å². The first-order valence-electron chi connectivity index (χ1n) is 7.72. The molecule has 0 radical (unpaired) electrons. The quantitative estimate of drug-likeness (QED) is 0.889. The molecule has 0 atom stereocenters. The van der Waals surface area contributed by atoms with Gasteiger partial charge in [-0.3, -0.25) is 9.59 Å². The number of allylic oxidation sites excluding steroid dienone is 3. The second-order valence-electron chi connectivity index (χ2n) is 5.53. The molecule has 3 rings (SSSR count). The van der Waals surface area contributed by atoms with E-state index in [-0.39, 0.29) is 18.0 Å². The normalized spacial score (nSPS) is 13.8. The first kappa shape index (κ1) is 17.5. The lowest BCUT2D eigenvalue weighted by molar-refractivity contribution is -0.121. The molecule has 1 aliphatic carbocycles. The van der Waals surface area contributed by atoms with Crippen molar-refractivity contribution in [3.05, 3.63) is 74.7 Å². The van der Waals surface area contributed by atoms with Gasteiger partial charge in [-0.1, -0.05) is 41.4 Å². The topological polar surface area (TPSA) is 64.0 Å². The summed E-state index contributed by atoms with van der Waals surface area (Å²) in [5.74, 6) is -0.359. The van der Waals surface area contributed by atoms with Gasteiger partial charge in [-0.2, -0.15) is 5.10 Å². The van der Waals surface area contributed by atoms with Gasteiger partial charge >= 0.3 is 0 Å². The van der Waals surface area contributed by atoms with Crippen molar-refractivity contribution >= 4 is 29.1 Å². The number of carbonyl (C=O) groups is 1. The Labute approximate surface area is 154 Å². The van der Waals surface area contributed by atoms with Crippen LogP contribution in [0.4, 0.5) is 0 Å². The second kappa shape index (κ2) is 7.68. The molecular weight excluding hydrogens is 361 g/mol. The Hall–Kier alpha value is -2.37. The number of rotatable bonds is 4. The fraction of sp³-hybridized carbons (Fsp3) is 0.167. The minimum atomic E-state index is -0.359. The van der Waals surface area contributed by atoms with Gasteiger partial charge < -0.3 is 5.32 Å². The number of hydrogen-bond donors (Lipinski definition) is 1. The van der Waals surface area contributed by atoms with Gasteiger partial charge in [0, 0.05) is 21.7 Å². The highest BCUT2D eigenvalue weighted by Gasteiger charge is 2.12. The highest BCUT2D eigenvalue weighted by atomic mass is 35.5. The predicted octanol–water partition coefficient (Wildman–Crippen LogP) is 3.48. The van der Waals surface area contributed by atoms with Crippen molar-refractivity contribution in [3.63, 3.8) is 0 Å². The molecule has 0 fully saturated rings. The van der Waals surface area contributed by atoms with E-state index in [1.807, 2.05) is 6.08 Å². The zero-order valence-electron chi connectivity index (χ0n) is 13.2. The Kier molecular flexibility index (Phi) is 5.36. The molecule has 7 heteroatoms. The summed E-state index contributed by atoms with van der Waals surface area (Å²) in [4.78, 5) is 24.2. The van der Waals surface area contributed by atoms with Gasteiger partial charge in [0.15, 0.2) is 0 Å². The zero-order chi connectivity index (χ0) is 17.8. The summed E-state index contributed by atoms with van der Waals surface area (Å²) in [7, 11) is 0. The van der Waals surface area contributed by atoms with Gasteiger partial charge in [0.25, 0.3) is 5.56 Å². The molecule has 1 aromatic heterocycles. The van der Waals surface area contributed by atoms with Crippen LogP contribution in [0.15, 0.2) is 64.1 Å². The molecule has 1 aromatic carbocycles. The van der Waals surface area contributed by atoms with Crippen LogP contribution in [0, 0.1) is 0 Å². The van der Waals surface area contributed by atoms with Crippen LogP contribution in [0.3, 0.4) is 0 Å². The maximum Gasteiger partial charge on any atom is 0.267 e. The van der Waals surface area contributed by atoms with Crippen molar-refractivity contribution in [2.75, 3.05) is 0 Å². The SMILES string of the molecule is O=C(Cn1nc(-c2ccc(Cl)cc2)ccc1=O)NC1=C(Cl)CCC=C1. The first-order chi connectivity index (χ1) is 12.0. The molecule has 128 valence electrons. The van der Waals surface area contributed by atoms with Gasteiger partial charge in [-0.05, 0) is 37.1 Å². The molecule has 1 amide bonds. The minimum absolute atomic E-state index is 0.193. The number of amides is 1. The van der Waals surface area contributed by atoms with Crippen LogP contribution in [-0.2, 0) is 11.3 Å². The molecule has 0 spiro atoms. The summed E-state index contributed by atoms with van der Waals surface area (Å²) in [6.07, 6.45) is 5.25.